The van der Waals surface area contributed by atoms with Crippen molar-refractivity contribution in [2.45, 2.75) is 6.42 Å². The third-order valence-electron chi connectivity index (χ3n) is 2.28. The summed E-state index contributed by atoms with van der Waals surface area (Å²) in [5.41, 5.74) is 0. The number of nitrogens with zero attached hydrogens (tertiary/aromatic N) is 1. The van der Waals surface area contributed by atoms with Gasteiger partial charge in [0.05, 0.1) is 23.9 Å². The number of hydrogen-bond acceptors (Lipinski definition) is 3. The average molecular weight is 293 g/mol. The first kappa shape index (κ1) is 11.2. The van der Waals surface area contributed by atoms with E-state index in [1.165, 1.54) is 0 Å². The summed E-state index contributed by atoms with van der Waals surface area (Å²) in [7, 11) is 0. The summed E-state index contributed by atoms with van der Waals surface area (Å²) in [5.74, 6) is 1.23. The Morgan fingerprint density at radius 1 is 1.67 bits per heavy atom. The summed E-state index contributed by atoms with van der Waals surface area (Å²) in [4.78, 5) is 3.99. The second kappa shape index (κ2) is 5.14. The zero-order chi connectivity index (χ0) is 10.7. The molecule has 82 valence electrons. The van der Waals surface area contributed by atoms with E-state index in [-0.39, 0.29) is 0 Å². The predicted molar refractivity (Wildman–Crippen MR) is 61.4 cm³/mol. The summed E-state index contributed by atoms with van der Waals surface area (Å²) in [5, 5.41) is 0.451. The molecule has 1 fully saturated rings. The van der Waals surface area contributed by atoms with Gasteiger partial charge >= 0.3 is 0 Å². The minimum Gasteiger partial charge on any atom is -0.492 e. The van der Waals surface area contributed by atoms with Crippen LogP contribution < -0.4 is 4.74 Å². The van der Waals surface area contributed by atoms with E-state index in [9.17, 15) is 0 Å². The van der Waals surface area contributed by atoms with Crippen molar-refractivity contribution in [1.29, 1.82) is 0 Å². The third-order valence-corrected chi connectivity index (χ3v) is 3.41. The van der Waals surface area contributed by atoms with Crippen molar-refractivity contribution in [1.82, 2.24) is 4.98 Å². The minimum absolute atomic E-state index is 0.451. The highest BCUT2D eigenvalue weighted by molar-refractivity contribution is 9.10. The summed E-state index contributed by atoms with van der Waals surface area (Å²) in [6, 6.07) is 1.82. The van der Waals surface area contributed by atoms with Gasteiger partial charge in [-0.05, 0) is 28.4 Å². The Morgan fingerprint density at radius 3 is 3.20 bits per heavy atom. The van der Waals surface area contributed by atoms with Crippen molar-refractivity contribution in [3.8, 4) is 5.75 Å². The molecule has 3 nitrogen and oxygen atoms in total. The Balaban J connectivity index is 1.90. The van der Waals surface area contributed by atoms with Gasteiger partial charge in [0.2, 0.25) is 0 Å². The maximum atomic E-state index is 5.77. The highest BCUT2D eigenvalue weighted by Gasteiger charge is 2.16. The summed E-state index contributed by atoms with van der Waals surface area (Å²) >= 11 is 9.07. The highest BCUT2D eigenvalue weighted by atomic mass is 79.9. The van der Waals surface area contributed by atoms with E-state index in [1.807, 2.05) is 6.07 Å². The smallest absolute Gasteiger partial charge is 0.143 e. The first-order chi connectivity index (χ1) is 7.25. The van der Waals surface area contributed by atoms with Crippen molar-refractivity contribution in [2.75, 3.05) is 19.8 Å². The molecule has 2 heterocycles. The lowest BCUT2D eigenvalue weighted by Gasteiger charge is -2.10. The van der Waals surface area contributed by atoms with Crippen LogP contribution in [0.2, 0.25) is 5.15 Å². The number of aromatic nitrogens is 1. The molecular formula is C10H11BrClNO2. The number of pyridine rings is 1. The lowest BCUT2D eigenvalue weighted by Crippen LogP contribution is -2.11. The monoisotopic (exact) mass is 291 g/mol. The first-order valence-electron chi connectivity index (χ1n) is 4.77. The molecule has 0 aromatic carbocycles. The second-order valence-corrected chi connectivity index (χ2v) is 4.70. The summed E-state index contributed by atoms with van der Waals surface area (Å²) in [6.07, 6.45) is 2.70. The van der Waals surface area contributed by atoms with Crippen molar-refractivity contribution >= 4 is 27.5 Å². The first-order valence-corrected chi connectivity index (χ1v) is 5.94. The molecule has 0 aliphatic carbocycles. The quantitative estimate of drug-likeness (QED) is 0.803. The number of hydrogen-bond donors (Lipinski definition) is 0. The summed E-state index contributed by atoms with van der Waals surface area (Å²) in [6.45, 7) is 2.31. The fourth-order valence-electron chi connectivity index (χ4n) is 1.41. The minimum atomic E-state index is 0.451. The zero-order valence-electron chi connectivity index (χ0n) is 8.08. The standard InChI is InChI=1S/C10H11BrClNO2/c11-9-3-8(4-13-10(9)12)15-6-7-1-2-14-5-7/h3-4,7H,1-2,5-6H2. The average Bonchev–Trinajstić information content (AvgIpc) is 2.73. The SMILES string of the molecule is Clc1ncc(OCC2CCOC2)cc1Br. The number of halogens is 2. The van der Waals surface area contributed by atoms with Crippen LogP contribution in [-0.4, -0.2) is 24.8 Å². The molecule has 0 N–H and O–H groups in total. The van der Waals surface area contributed by atoms with Gasteiger partial charge in [-0.1, -0.05) is 11.6 Å². The van der Waals surface area contributed by atoms with Crippen LogP contribution in [-0.2, 0) is 4.74 Å². The molecule has 1 aromatic rings. The lowest BCUT2D eigenvalue weighted by molar-refractivity contribution is 0.167. The van der Waals surface area contributed by atoms with Gasteiger partial charge < -0.3 is 9.47 Å². The molecule has 1 aliphatic heterocycles. The van der Waals surface area contributed by atoms with Crippen LogP contribution in [0.1, 0.15) is 6.42 Å². The zero-order valence-corrected chi connectivity index (χ0v) is 10.4. The van der Waals surface area contributed by atoms with E-state index in [0.717, 1.165) is 29.9 Å². The number of ether oxygens (including phenoxy) is 2. The molecule has 5 heteroatoms. The summed E-state index contributed by atoms with van der Waals surface area (Å²) < 4.78 is 11.6. The Labute approximate surface area is 102 Å². The van der Waals surface area contributed by atoms with E-state index in [4.69, 9.17) is 21.1 Å². The fraction of sp³-hybridized carbons (Fsp3) is 0.500. The van der Waals surface area contributed by atoms with Gasteiger partial charge in [-0.3, -0.25) is 0 Å². The van der Waals surface area contributed by atoms with Gasteiger partial charge in [0.25, 0.3) is 0 Å². The molecule has 0 saturated carbocycles. The van der Waals surface area contributed by atoms with Gasteiger partial charge in [-0.15, -0.1) is 0 Å². The van der Waals surface area contributed by atoms with Crippen LogP contribution in [0.25, 0.3) is 0 Å². The number of rotatable bonds is 3. The molecule has 0 radical (unpaired) electrons. The molecule has 0 spiro atoms. The molecule has 1 saturated heterocycles. The van der Waals surface area contributed by atoms with E-state index in [1.54, 1.807) is 6.20 Å². The molecule has 1 aromatic heterocycles. The fourth-order valence-corrected chi connectivity index (χ4v) is 1.84. The van der Waals surface area contributed by atoms with Crippen LogP contribution in [0.15, 0.2) is 16.7 Å². The molecule has 15 heavy (non-hydrogen) atoms. The topological polar surface area (TPSA) is 31.4 Å². The van der Waals surface area contributed by atoms with E-state index >= 15 is 0 Å². The van der Waals surface area contributed by atoms with Crippen molar-refractivity contribution < 1.29 is 9.47 Å². The molecular weight excluding hydrogens is 281 g/mol. The molecule has 1 atom stereocenters. The lowest BCUT2D eigenvalue weighted by atomic mass is 10.1. The molecule has 2 rings (SSSR count). The molecule has 1 aliphatic rings. The third kappa shape index (κ3) is 3.06. The van der Waals surface area contributed by atoms with Crippen LogP contribution in [0.5, 0.6) is 5.75 Å². The molecule has 1 unspecified atom stereocenters. The maximum absolute atomic E-state index is 5.77. The van der Waals surface area contributed by atoms with Crippen LogP contribution in [0.3, 0.4) is 0 Å². The van der Waals surface area contributed by atoms with Crippen molar-refractivity contribution in [3.05, 3.63) is 21.9 Å². The maximum Gasteiger partial charge on any atom is 0.143 e. The normalized spacial score (nSPS) is 20.5. The molecule has 0 bridgehead atoms. The highest BCUT2D eigenvalue weighted by Crippen LogP contribution is 2.24. The Kier molecular flexibility index (Phi) is 3.83. The van der Waals surface area contributed by atoms with Crippen LogP contribution in [0, 0.1) is 5.92 Å². The van der Waals surface area contributed by atoms with Crippen LogP contribution >= 0.6 is 27.5 Å². The largest absolute Gasteiger partial charge is 0.492 e. The van der Waals surface area contributed by atoms with Gasteiger partial charge in [0, 0.05) is 12.5 Å². The van der Waals surface area contributed by atoms with Crippen molar-refractivity contribution in [2.24, 2.45) is 5.92 Å². The van der Waals surface area contributed by atoms with Gasteiger partial charge in [-0.25, -0.2) is 4.98 Å². The van der Waals surface area contributed by atoms with Crippen molar-refractivity contribution in [3.63, 3.8) is 0 Å². The molecule has 0 amide bonds. The van der Waals surface area contributed by atoms with Gasteiger partial charge in [0.15, 0.2) is 0 Å². The Morgan fingerprint density at radius 2 is 2.53 bits per heavy atom. The predicted octanol–water partition coefficient (Wildman–Crippen LogP) is 2.91. The van der Waals surface area contributed by atoms with E-state index in [2.05, 4.69) is 20.9 Å². The van der Waals surface area contributed by atoms with Gasteiger partial charge in [-0.2, -0.15) is 0 Å². The van der Waals surface area contributed by atoms with Crippen LogP contribution in [0.4, 0.5) is 0 Å². The Hall–Kier alpha value is -0.320. The second-order valence-electron chi connectivity index (χ2n) is 3.48. The Bertz CT molecular complexity index is 342. The van der Waals surface area contributed by atoms with Gasteiger partial charge in [0.1, 0.15) is 10.9 Å². The van der Waals surface area contributed by atoms with E-state index in [0.29, 0.717) is 17.7 Å². The van der Waals surface area contributed by atoms with E-state index < -0.39 is 0 Å².